The average molecular weight is 218 g/mol. The van der Waals surface area contributed by atoms with Gasteiger partial charge in [-0.1, -0.05) is 6.08 Å². The number of aromatic amines is 1. The Labute approximate surface area is 93.2 Å². The van der Waals surface area contributed by atoms with Crippen molar-refractivity contribution in [2.24, 2.45) is 0 Å². The molecule has 0 unspecified atom stereocenters. The quantitative estimate of drug-likeness (QED) is 0.742. The Morgan fingerprint density at radius 3 is 2.75 bits per heavy atom. The van der Waals surface area contributed by atoms with E-state index in [0.29, 0.717) is 12.1 Å². The summed E-state index contributed by atoms with van der Waals surface area (Å²) in [6, 6.07) is 0. The minimum atomic E-state index is 0.229. The summed E-state index contributed by atoms with van der Waals surface area (Å²) in [5.74, 6) is 1.78. The number of hydrogen-bond donors (Lipinski definition) is 2. The molecule has 0 saturated carbocycles. The Bertz CT molecular complexity index is 527. The Morgan fingerprint density at radius 1 is 1.38 bits per heavy atom. The van der Waals surface area contributed by atoms with Crippen LogP contribution in [0.1, 0.15) is 5.82 Å². The van der Waals surface area contributed by atoms with Crippen LogP contribution >= 0.6 is 0 Å². The number of nitrogen functional groups attached to an aromatic ring is 1. The maximum atomic E-state index is 5.62. The van der Waals surface area contributed by atoms with E-state index in [-0.39, 0.29) is 5.95 Å². The van der Waals surface area contributed by atoms with E-state index in [1.165, 1.54) is 0 Å². The lowest BCUT2D eigenvalue weighted by Crippen LogP contribution is -2.13. The van der Waals surface area contributed by atoms with E-state index in [4.69, 9.17) is 5.73 Å². The third-order valence-electron chi connectivity index (χ3n) is 2.16. The summed E-state index contributed by atoms with van der Waals surface area (Å²) in [5, 5.41) is 0. The highest BCUT2D eigenvalue weighted by Gasteiger charge is 2.12. The number of H-pyrrole nitrogens is 1. The Hall–Kier alpha value is -2.11. The summed E-state index contributed by atoms with van der Waals surface area (Å²) in [4.78, 5) is 17.6. The molecule has 0 saturated heterocycles. The summed E-state index contributed by atoms with van der Waals surface area (Å²) < 4.78 is 0. The van der Waals surface area contributed by atoms with E-state index >= 15 is 0 Å². The normalized spacial score (nSPS) is 10.6. The fourth-order valence-electron chi connectivity index (χ4n) is 1.50. The number of nitrogens with two attached hydrogens (primary N) is 1. The fourth-order valence-corrected chi connectivity index (χ4v) is 1.50. The second-order valence-corrected chi connectivity index (χ2v) is 3.67. The SMILES string of the molecule is C=CCc1nc2nc(N)nc(N(C)C)c2[nH]1. The molecule has 0 aromatic carbocycles. The van der Waals surface area contributed by atoms with Crippen LogP contribution in [0, 0.1) is 0 Å². The van der Waals surface area contributed by atoms with Gasteiger partial charge in [-0.25, -0.2) is 4.98 Å². The Morgan fingerprint density at radius 2 is 2.12 bits per heavy atom. The van der Waals surface area contributed by atoms with Crippen molar-refractivity contribution in [2.75, 3.05) is 24.7 Å². The fraction of sp³-hybridized carbons (Fsp3) is 0.300. The summed E-state index contributed by atoms with van der Waals surface area (Å²) in [6.07, 6.45) is 2.45. The molecule has 84 valence electrons. The van der Waals surface area contributed by atoms with E-state index in [2.05, 4.69) is 26.5 Å². The van der Waals surface area contributed by atoms with Crippen molar-refractivity contribution >= 4 is 22.9 Å². The van der Waals surface area contributed by atoms with Gasteiger partial charge in [0.25, 0.3) is 0 Å². The highest BCUT2D eigenvalue weighted by molar-refractivity contribution is 5.84. The maximum Gasteiger partial charge on any atom is 0.224 e. The van der Waals surface area contributed by atoms with E-state index in [1.807, 2.05) is 19.0 Å². The second kappa shape index (κ2) is 3.80. The van der Waals surface area contributed by atoms with Gasteiger partial charge in [0, 0.05) is 20.5 Å². The van der Waals surface area contributed by atoms with Crippen LogP contribution in [0.5, 0.6) is 0 Å². The predicted molar refractivity (Wildman–Crippen MR) is 64.3 cm³/mol. The zero-order valence-electron chi connectivity index (χ0n) is 9.36. The molecule has 0 amide bonds. The number of rotatable bonds is 3. The first-order chi connectivity index (χ1) is 7.61. The molecule has 16 heavy (non-hydrogen) atoms. The second-order valence-electron chi connectivity index (χ2n) is 3.67. The predicted octanol–water partition coefficient (Wildman–Crippen LogP) is 0.730. The van der Waals surface area contributed by atoms with Crippen molar-refractivity contribution in [3.8, 4) is 0 Å². The number of fused-ring (bicyclic) bond motifs is 1. The van der Waals surface area contributed by atoms with Gasteiger partial charge in [0.2, 0.25) is 5.95 Å². The Balaban J connectivity index is 2.65. The molecule has 0 aliphatic heterocycles. The molecule has 0 bridgehead atoms. The molecule has 0 fully saturated rings. The van der Waals surface area contributed by atoms with Gasteiger partial charge in [-0.05, 0) is 0 Å². The highest BCUT2D eigenvalue weighted by Crippen LogP contribution is 2.21. The summed E-state index contributed by atoms with van der Waals surface area (Å²) in [6.45, 7) is 3.67. The smallest absolute Gasteiger partial charge is 0.224 e. The molecule has 0 spiro atoms. The van der Waals surface area contributed by atoms with Gasteiger partial charge in [-0.2, -0.15) is 9.97 Å². The lowest BCUT2D eigenvalue weighted by atomic mass is 10.4. The van der Waals surface area contributed by atoms with Crippen LogP contribution in [0.2, 0.25) is 0 Å². The van der Waals surface area contributed by atoms with E-state index in [9.17, 15) is 0 Å². The number of imidazole rings is 1. The third kappa shape index (κ3) is 1.69. The molecular weight excluding hydrogens is 204 g/mol. The zero-order valence-corrected chi connectivity index (χ0v) is 9.36. The van der Waals surface area contributed by atoms with Crippen LogP contribution in [0.4, 0.5) is 11.8 Å². The number of nitrogens with zero attached hydrogens (tertiary/aromatic N) is 4. The minimum Gasteiger partial charge on any atom is -0.368 e. The average Bonchev–Trinajstić information content (AvgIpc) is 2.59. The minimum absolute atomic E-state index is 0.229. The van der Waals surface area contributed by atoms with Crippen LogP contribution in [0.3, 0.4) is 0 Å². The van der Waals surface area contributed by atoms with Crippen molar-refractivity contribution in [3.05, 3.63) is 18.5 Å². The molecular formula is C10H14N6. The molecule has 6 nitrogen and oxygen atoms in total. The highest BCUT2D eigenvalue weighted by atomic mass is 15.2. The largest absolute Gasteiger partial charge is 0.368 e. The number of allylic oxidation sites excluding steroid dienone is 1. The lowest BCUT2D eigenvalue weighted by Gasteiger charge is -2.11. The monoisotopic (exact) mass is 218 g/mol. The van der Waals surface area contributed by atoms with Crippen molar-refractivity contribution in [1.82, 2.24) is 19.9 Å². The van der Waals surface area contributed by atoms with Crippen molar-refractivity contribution in [2.45, 2.75) is 6.42 Å². The summed E-state index contributed by atoms with van der Waals surface area (Å²) >= 11 is 0. The molecule has 0 aliphatic carbocycles. The molecule has 6 heteroatoms. The molecule has 0 atom stereocenters. The topological polar surface area (TPSA) is 83.7 Å². The molecule has 3 N–H and O–H groups in total. The third-order valence-corrected chi connectivity index (χ3v) is 2.16. The van der Waals surface area contributed by atoms with Crippen LogP contribution in [-0.2, 0) is 6.42 Å². The van der Waals surface area contributed by atoms with Gasteiger partial charge in [-0.3, -0.25) is 0 Å². The van der Waals surface area contributed by atoms with Gasteiger partial charge in [0.15, 0.2) is 11.5 Å². The molecule has 2 aromatic rings. The van der Waals surface area contributed by atoms with Crippen LogP contribution < -0.4 is 10.6 Å². The number of anilines is 2. The Kier molecular flexibility index (Phi) is 2.47. The first kappa shape index (κ1) is 10.4. The van der Waals surface area contributed by atoms with E-state index in [1.54, 1.807) is 6.08 Å². The standard InChI is InChI=1S/C10H14N6/c1-4-5-6-12-7-8(13-6)14-10(11)15-9(7)16(2)3/h4H,1,5H2,2-3H3,(H3,11,12,13,14,15). The molecule has 0 aliphatic rings. The molecule has 2 rings (SSSR count). The van der Waals surface area contributed by atoms with E-state index in [0.717, 1.165) is 17.2 Å². The maximum absolute atomic E-state index is 5.62. The summed E-state index contributed by atoms with van der Waals surface area (Å²) in [7, 11) is 3.80. The molecule has 0 radical (unpaired) electrons. The number of nitrogens with one attached hydrogen (secondary N) is 1. The number of aromatic nitrogens is 4. The van der Waals surface area contributed by atoms with Crippen molar-refractivity contribution < 1.29 is 0 Å². The summed E-state index contributed by atoms with van der Waals surface area (Å²) in [5.41, 5.74) is 7.02. The van der Waals surface area contributed by atoms with Crippen LogP contribution in [0.25, 0.3) is 11.2 Å². The van der Waals surface area contributed by atoms with Crippen molar-refractivity contribution in [3.63, 3.8) is 0 Å². The van der Waals surface area contributed by atoms with Crippen LogP contribution in [0.15, 0.2) is 12.7 Å². The molecule has 2 aromatic heterocycles. The van der Waals surface area contributed by atoms with Gasteiger partial charge in [-0.15, -0.1) is 6.58 Å². The van der Waals surface area contributed by atoms with Crippen LogP contribution in [-0.4, -0.2) is 34.0 Å². The van der Waals surface area contributed by atoms with Gasteiger partial charge in [0.05, 0.1) is 0 Å². The number of hydrogen-bond acceptors (Lipinski definition) is 5. The zero-order chi connectivity index (χ0) is 11.7. The van der Waals surface area contributed by atoms with E-state index < -0.39 is 0 Å². The first-order valence-corrected chi connectivity index (χ1v) is 4.92. The lowest BCUT2D eigenvalue weighted by molar-refractivity contribution is 1.06. The van der Waals surface area contributed by atoms with Gasteiger partial charge >= 0.3 is 0 Å². The van der Waals surface area contributed by atoms with Crippen molar-refractivity contribution in [1.29, 1.82) is 0 Å². The molecule has 2 heterocycles. The van der Waals surface area contributed by atoms with Gasteiger partial charge < -0.3 is 15.6 Å². The van der Waals surface area contributed by atoms with Gasteiger partial charge in [0.1, 0.15) is 11.3 Å². The first-order valence-electron chi connectivity index (χ1n) is 4.92.